The summed E-state index contributed by atoms with van der Waals surface area (Å²) in [5, 5.41) is 17.5. The molecule has 0 aromatic carbocycles. The van der Waals surface area contributed by atoms with Crippen molar-refractivity contribution in [2.45, 2.75) is 18.6 Å². The highest BCUT2D eigenvalue weighted by Gasteiger charge is 2.28. The van der Waals surface area contributed by atoms with Crippen LogP contribution in [0.25, 0.3) is 0 Å². The molecule has 0 aliphatic heterocycles. The van der Waals surface area contributed by atoms with E-state index in [0.717, 1.165) is 0 Å². The molecule has 4 nitrogen and oxygen atoms in total. The molecule has 0 spiro atoms. The zero-order chi connectivity index (χ0) is 7.72. The van der Waals surface area contributed by atoms with Gasteiger partial charge in [-0.2, -0.15) is 0 Å². The van der Waals surface area contributed by atoms with Gasteiger partial charge in [0.05, 0.1) is 5.57 Å². The van der Waals surface area contributed by atoms with Gasteiger partial charge >= 0.3 is 5.97 Å². The van der Waals surface area contributed by atoms with Crippen molar-refractivity contribution in [3.8, 4) is 0 Å². The molecule has 0 saturated heterocycles. The summed E-state index contributed by atoms with van der Waals surface area (Å²) in [7, 11) is 0. The van der Waals surface area contributed by atoms with E-state index in [4.69, 9.17) is 15.9 Å². The lowest BCUT2D eigenvalue weighted by Gasteiger charge is -2.09. The van der Waals surface area contributed by atoms with E-state index in [0.29, 0.717) is 6.42 Å². The molecule has 1 rings (SSSR count). The Bertz CT molecular complexity index is 187. The molecule has 0 saturated carbocycles. The van der Waals surface area contributed by atoms with Crippen LogP contribution >= 0.6 is 0 Å². The molecule has 0 aromatic heterocycles. The van der Waals surface area contributed by atoms with Crippen molar-refractivity contribution in [3.63, 3.8) is 0 Å². The van der Waals surface area contributed by atoms with Gasteiger partial charge in [-0.1, -0.05) is 6.08 Å². The molecule has 0 fully saturated rings. The SMILES string of the molecule is NC1CC=C(C(=O)O)C1O. The second-order valence-corrected chi connectivity index (χ2v) is 2.31. The van der Waals surface area contributed by atoms with Crippen LogP contribution in [-0.4, -0.2) is 28.3 Å². The van der Waals surface area contributed by atoms with E-state index >= 15 is 0 Å². The van der Waals surface area contributed by atoms with Crippen LogP contribution in [0.5, 0.6) is 0 Å². The molecule has 4 heteroatoms. The van der Waals surface area contributed by atoms with Gasteiger partial charge in [-0.3, -0.25) is 0 Å². The first kappa shape index (κ1) is 7.24. The summed E-state index contributed by atoms with van der Waals surface area (Å²) in [6, 6.07) is -0.439. The third-order valence-corrected chi connectivity index (χ3v) is 1.58. The van der Waals surface area contributed by atoms with Crippen molar-refractivity contribution < 1.29 is 15.0 Å². The van der Waals surface area contributed by atoms with Crippen LogP contribution in [0, 0.1) is 0 Å². The number of carboxylic acids is 1. The summed E-state index contributed by atoms with van der Waals surface area (Å²) < 4.78 is 0. The van der Waals surface area contributed by atoms with E-state index in [1.807, 2.05) is 0 Å². The summed E-state index contributed by atoms with van der Waals surface area (Å²) in [5.41, 5.74) is 5.36. The summed E-state index contributed by atoms with van der Waals surface area (Å²) in [5.74, 6) is -1.08. The van der Waals surface area contributed by atoms with Crippen molar-refractivity contribution in [1.82, 2.24) is 0 Å². The van der Waals surface area contributed by atoms with Gasteiger partial charge in [0.1, 0.15) is 6.10 Å². The Labute approximate surface area is 58.0 Å². The lowest BCUT2D eigenvalue weighted by Crippen LogP contribution is -2.33. The Hall–Kier alpha value is -0.870. The lowest BCUT2D eigenvalue weighted by molar-refractivity contribution is -0.133. The normalized spacial score (nSPS) is 32.0. The number of aliphatic hydroxyl groups excluding tert-OH is 1. The fourth-order valence-electron chi connectivity index (χ4n) is 0.957. The zero-order valence-electron chi connectivity index (χ0n) is 5.32. The number of rotatable bonds is 1. The molecule has 2 atom stereocenters. The number of carboxylic acid groups (broad SMARTS) is 1. The van der Waals surface area contributed by atoms with Crippen LogP contribution < -0.4 is 5.73 Å². The van der Waals surface area contributed by atoms with Crippen LogP contribution in [0.3, 0.4) is 0 Å². The second kappa shape index (κ2) is 2.40. The molecule has 4 N–H and O–H groups in total. The predicted molar refractivity (Wildman–Crippen MR) is 34.3 cm³/mol. The monoisotopic (exact) mass is 143 g/mol. The van der Waals surface area contributed by atoms with Crippen LogP contribution in [0.1, 0.15) is 6.42 Å². The van der Waals surface area contributed by atoms with Crippen LogP contribution in [0.4, 0.5) is 0 Å². The average Bonchev–Trinajstić information content (AvgIpc) is 2.14. The van der Waals surface area contributed by atoms with E-state index in [2.05, 4.69) is 0 Å². The van der Waals surface area contributed by atoms with Gasteiger partial charge < -0.3 is 15.9 Å². The van der Waals surface area contributed by atoms with Gasteiger partial charge in [0.25, 0.3) is 0 Å². The fourth-order valence-corrected chi connectivity index (χ4v) is 0.957. The molecule has 0 bridgehead atoms. The van der Waals surface area contributed by atoms with Crippen molar-refractivity contribution >= 4 is 5.97 Å². The molecular formula is C6H9NO3. The third-order valence-electron chi connectivity index (χ3n) is 1.58. The van der Waals surface area contributed by atoms with E-state index in [1.165, 1.54) is 6.08 Å². The number of hydrogen-bond donors (Lipinski definition) is 3. The molecule has 1 aliphatic carbocycles. The number of aliphatic hydroxyl groups is 1. The first-order chi connectivity index (χ1) is 4.63. The molecule has 2 unspecified atom stereocenters. The first-order valence-corrected chi connectivity index (χ1v) is 3.00. The van der Waals surface area contributed by atoms with E-state index in [-0.39, 0.29) is 5.57 Å². The number of aliphatic carboxylic acids is 1. The molecular weight excluding hydrogens is 134 g/mol. The zero-order valence-corrected chi connectivity index (χ0v) is 5.32. The summed E-state index contributed by atoms with van der Waals surface area (Å²) >= 11 is 0. The van der Waals surface area contributed by atoms with E-state index in [1.54, 1.807) is 0 Å². The Morgan fingerprint density at radius 1 is 1.80 bits per heavy atom. The largest absolute Gasteiger partial charge is 0.478 e. The molecule has 0 heterocycles. The Kier molecular flexibility index (Phi) is 1.74. The maximum absolute atomic E-state index is 10.3. The molecule has 0 aromatic rings. The van der Waals surface area contributed by atoms with Crippen molar-refractivity contribution in [3.05, 3.63) is 11.6 Å². The standard InChI is InChI=1S/C6H9NO3/c7-4-2-1-3(5(4)8)6(9)10/h1,4-5,8H,2,7H2,(H,9,10). The van der Waals surface area contributed by atoms with Crippen molar-refractivity contribution in [1.29, 1.82) is 0 Å². The highest BCUT2D eigenvalue weighted by atomic mass is 16.4. The Morgan fingerprint density at radius 2 is 2.40 bits per heavy atom. The number of hydrogen-bond acceptors (Lipinski definition) is 3. The maximum atomic E-state index is 10.3. The summed E-state index contributed by atoms with van der Waals surface area (Å²) in [4.78, 5) is 10.3. The van der Waals surface area contributed by atoms with Gasteiger partial charge in [0.15, 0.2) is 0 Å². The lowest BCUT2D eigenvalue weighted by atomic mass is 10.1. The Balaban J connectivity index is 2.72. The second-order valence-electron chi connectivity index (χ2n) is 2.31. The number of nitrogens with two attached hydrogens (primary N) is 1. The molecule has 1 aliphatic rings. The predicted octanol–water partition coefficient (Wildman–Crippen LogP) is -0.911. The van der Waals surface area contributed by atoms with Gasteiger partial charge in [-0.15, -0.1) is 0 Å². The summed E-state index contributed by atoms with van der Waals surface area (Å²) in [6.07, 6.45) is 0.915. The van der Waals surface area contributed by atoms with Gasteiger partial charge in [-0.05, 0) is 6.42 Å². The fraction of sp³-hybridized carbons (Fsp3) is 0.500. The minimum absolute atomic E-state index is 0.0208. The van der Waals surface area contributed by atoms with Crippen LogP contribution in [0.15, 0.2) is 11.6 Å². The minimum atomic E-state index is -1.08. The van der Waals surface area contributed by atoms with Crippen molar-refractivity contribution in [2.24, 2.45) is 5.73 Å². The molecule has 10 heavy (non-hydrogen) atoms. The third kappa shape index (κ3) is 1.03. The van der Waals surface area contributed by atoms with E-state index < -0.39 is 18.1 Å². The molecule has 0 radical (unpaired) electrons. The molecule has 0 amide bonds. The topological polar surface area (TPSA) is 83.6 Å². The summed E-state index contributed by atoms with van der Waals surface area (Å²) in [6.45, 7) is 0. The van der Waals surface area contributed by atoms with Gasteiger partial charge in [0, 0.05) is 6.04 Å². The van der Waals surface area contributed by atoms with Crippen molar-refractivity contribution in [2.75, 3.05) is 0 Å². The van der Waals surface area contributed by atoms with Gasteiger partial charge in [-0.25, -0.2) is 4.79 Å². The van der Waals surface area contributed by atoms with Crippen LogP contribution in [0.2, 0.25) is 0 Å². The van der Waals surface area contributed by atoms with E-state index in [9.17, 15) is 4.79 Å². The van der Waals surface area contributed by atoms with Crippen LogP contribution in [-0.2, 0) is 4.79 Å². The highest BCUT2D eigenvalue weighted by molar-refractivity contribution is 5.88. The minimum Gasteiger partial charge on any atom is -0.478 e. The Morgan fingerprint density at radius 3 is 2.60 bits per heavy atom. The molecule has 56 valence electrons. The van der Waals surface area contributed by atoms with Gasteiger partial charge in [0.2, 0.25) is 0 Å². The quantitative estimate of drug-likeness (QED) is 0.443. The number of carbonyl (C=O) groups is 1. The highest BCUT2D eigenvalue weighted by Crippen LogP contribution is 2.17. The maximum Gasteiger partial charge on any atom is 0.333 e. The first-order valence-electron chi connectivity index (χ1n) is 3.00. The smallest absolute Gasteiger partial charge is 0.333 e. The average molecular weight is 143 g/mol.